The van der Waals surface area contributed by atoms with Crippen LogP contribution in [0.1, 0.15) is 60.9 Å². The van der Waals surface area contributed by atoms with Gasteiger partial charge in [0.1, 0.15) is 0 Å². The molecule has 8 nitrogen and oxygen atoms in total. The molecule has 8 heteroatoms. The van der Waals surface area contributed by atoms with Crippen LogP contribution in [0.15, 0.2) is 42.5 Å². The highest BCUT2D eigenvalue weighted by molar-refractivity contribution is 5.77. The Morgan fingerprint density at radius 3 is 2.61 bits per heavy atom. The summed E-state index contributed by atoms with van der Waals surface area (Å²) in [5.41, 5.74) is 5.34. The summed E-state index contributed by atoms with van der Waals surface area (Å²) in [4.78, 5) is 15.4. The smallest absolute Gasteiger partial charge is 0.222 e. The summed E-state index contributed by atoms with van der Waals surface area (Å²) >= 11 is 0. The van der Waals surface area contributed by atoms with Gasteiger partial charge in [-0.05, 0) is 75.1 Å². The van der Waals surface area contributed by atoms with E-state index in [1.807, 2.05) is 37.6 Å². The number of nitrogens with zero attached hydrogens (tertiary/aromatic N) is 7. The Balaban J connectivity index is 1.27. The minimum atomic E-state index is 0.188. The average molecular weight is 486 g/mol. The molecule has 0 N–H and O–H groups in total. The lowest BCUT2D eigenvalue weighted by atomic mass is 9.77. The van der Waals surface area contributed by atoms with E-state index in [9.17, 15) is 4.79 Å². The molecule has 36 heavy (non-hydrogen) atoms. The third-order valence-electron chi connectivity index (χ3n) is 7.64. The van der Waals surface area contributed by atoms with E-state index in [4.69, 9.17) is 5.10 Å². The summed E-state index contributed by atoms with van der Waals surface area (Å²) in [6.07, 6.45) is 5.59. The Morgan fingerprint density at radius 1 is 1.03 bits per heavy atom. The molecular formula is C28H35N7O. The van der Waals surface area contributed by atoms with E-state index >= 15 is 0 Å². The number of benzene rings is 1. The van der Waals surface area contributed by atoms with Crippen LogP contribution in [-0.2, 0) is 17.6 Å². The van der Waals surface area contributed by atoms with Gasteiger partial charge in [0.05, 0.1) is 5.69 Å². The summed E-state index contributed by atoms with van der Waals surface area (Å²) in [7, 11) is 0. The molecule has 4 aromatic rings. The number of rotatable bonds is 8. The van der Waals surface area contributed by atoms with Gasteiger partial charge in [-0.25, -0.2) is 4.68 Å². The maximum Gasteiger partial charge on any atom is 0.222 e. The number of likely N-dealkylation sites (tertiary alicyclic amines) is 1. The first-order valence-corrected chi connectivity index (χ1v) is 13.0. The Labute approximate surface area is 212 Å². The van der Waals surface area contributed by atoms with Crippen LogP contribution in [0.25, 0.3) is 11.5 Å². The lowest BCUT2D eigenvalue weighted by Gasteiger charge is -2.29. The molecule has 1 aromatic carbocycles. The zero-order valence-electron chi connectivity index (χ0n) is 21.7. The molecule has 5 rings (SSSR count). The highest BCUT2D eigenvalue weighted by Gasteiger charge is 2.39. The third-order valence-corrected chi connectivity index (χ3v) is 7.64. The molecule has 1 unspecified atom stereocenters. The highest BCUT2D eigenvalue weighted by Crippen LogP contribution is 2.39. The fourth-order valence-electron chi connectivity index (χ4n) is 5.79. The molecule has 1 aliphatic heterocycles. The van der Waals surface area contributed by atoms with E-state index in [2.05, 4.69) is 57.5 Å². The minimum Gasteiger partial charge on any atom is -0.342 e. The molecule has 1 fully saturated rings. The van der Waals surface area contributed by atoms with Crippen molar-refractivity contribution in [1.82, 2.24) is 34.5 Å². The molecular weight excluding hydrogens is 450 g/mol. The van der Waals surface area contributed by atoms with E-state index in [0.29, 0.717) is 24.3 Å². The lowest BCUT2D eigenvalue weighted by molar-refractivity contribution is -0.130. The molecule has 0 saturated carbocycles. The van der Waals surface area contributed by atoms with Crippen molar-refractivity contribution in [2.45, 2.75) is 66.2 Å². The van der Waals surface area contributed by atoms with Crippen molar-refractivity contribution in [1.29, 1.82) is 0 Å². The van der Waals surface area contributed by atoms with Gasteiger partial charge in [-0.15, -0.1) is 15.3 Å². The van der Waals surface area contributed by atoms with Gasteiger partial charge in [-0.3, -0.25) is 4.79 Å². The molecule has 0 aliphatic carbocycles. The van der Waals surface area contributed by atoms with E-state index in [0.717, 1.165) is 61.5 Å². The molecule has 1 atom stereocenters. The van der Waals surface area contributed by atoms with E-state index in [-0.39, 0.29) is 11.3 Å². The van der Waals surface area contributed by atoms with Crippen molar-refractivity contribution in [2.75, 3.05) is 13.1 Å². The quantitative estimate of drug-likeness (QED) is 0.369. The van der Waals surface area contributed by atoms with Crippen LogP contribution >= 0.6 is 0 Å². The monoisotopic (exact) mass is 485 g/mol. The summed E-state index contributed by atoms with van der Waals surface area (Å²) in [5, 5.41) is 17.6. The SMILES string of the molecule is CCCC1(Cc2ccccc2)CCN(C(=O)CCc2c(C)nn(-c3ccc4nnc(C)n4n3)c2C)C1. The number of fused-ring (bicyclic) bond motifs is 1. The number of amides is 1. The maximum absolute atomic E-state index is 13.3. The van der Waals surface area contributed by atoms with Crippen molar-refractivity contribution >= 4 is 11.6 Å². The van der Waals surface area contributed by atoms with Crippen LogP contribution < -0.4 is 0 Å². The van der Waals surface area contributed by atoms with E-state index in [1.54, 1.807) is 4.52 Å². The van der Waals surface area contributed by atoms with Crippen LogP contribution in [0, 0.1) is 26.2 Å². The summed E-state index contributed by atoms with van der Waals surface area (Å²) in [5.74, 6) is 1.69. The molecule has 4 heterocycles. The molecule has 0 bridgehead atoms. The highest BCUT2D eigenvalue weighted by atomic mass is 16.2. The first kappa shape index (κ1) is 24.2. The summed E-state index contributed by atoms with van der Waals surface area (Å²) < 4.78 is 3.58. The molecule has 1 aliphatic rings. The molecule has 1 saturated heterocycles. The zero-order chi connectivity index (χ0) is 25.3. The predicted octanol–water partition coefficient (Wildman–Crippen LogP) is 4.43. The van der Waals surface area contributed by atoms with Crippen LogP contribution in [-0.4, -0.2) is 53.5 Å². The number of carbonyl (C=O) groups is 1. The van der Waals surface area contributed by atoms with Crippen LogP contribution in [0.3, 0.4) is 0 Å². The topological polar surface area (TPSA) is 81.2 Å². The minimum absolute atomic E-state index is 0.188. The largest absolute Gasteiger partial charge is 0.342 e. The second-order valence-electron chi connectivity index (χ2n) is 10.2. The second kappa shape index (κ2) is 9.84. The number of hydrogen-bond acceptors (Lipinski definition) is 5. The van der Waals surface area contributed by atoms with Crippen molar-refractivity contribution in [3.63, 3.8) is 0 Å². The third kappa shape index (κ3) is 4.64. The standard InChI is InChI=1S/C28H35N7O/c1-5-15-28(18-23-9-7-6-8-10-23)16-17-33(19-28)27(36)14-11-24-20(2)31-34(21(24)3)26-13-12-25-30-29-22(4)35(25)32-26/h6-10,12-13H,5,11,14-19H2,1-4H3. The predicted molar refractivity (Wildman–Crippen MR) is 139 cm³/mol. The Bertz CT molecular complexity index is 1370. The second-order valence-corrected chi connectivity index (χ2v) is 10.2. The van der Waals surface area contributed by atoms with E-state index in [1.165, 1.54) is 5.56 Å². The van der Waals surface area contributed by atoms with Gasteiger partial charge in [0.2, 0.25) is 5.91 Å². The van der Waals surface area contributed by atoms with Crippen molar-refractivity contribution in [3.05, 3.63) is 70.8 Å². The van der Waals surface area contributed by atoms with Crippen molar-refractivity contribution in [2.24, 2.45) is 5.41 Å². The van der Waals surface area contributed by atoms with Crippen molar-refractivity contribution in [3.8, 4) is 5.82 Å². The van der Waals surface area contributed by atoms with Crippen LogP contribution in [0.2, 0.25) is 0 Å². The Hall–Kier alpha value is -3.55. The van der Waals surface area contributed by atoms with Crippen LogP contribution in [0.4, 0.5) is 0 Å². The molecule has 188 valence electrons. The first-order chi connectivity index (χ1) is 17.4. The normalized spacial score (nSPS) is 17.8. The molecule has 0 spiro atoms. The number of carbonyl (C=O) groups excluding carboxylic acids is 1. The van der Waals surface area contributed by atoms with Gasteiger partial charge >= 0.3 is 0 Å². The summed E-state index contributed by atoms with van der Waals surface area (Å²) in [6, 6.07) is 14.5. The van der Waals surface area contributed by atoms with Gasteiger partial charge in [-0.2, -0.15) is 9.61 Å². The zero-order valence-corrected chi connectivity index (χ0v) is 21.7. The van der Waals surface area contributed by atoms with Crippen LogP contribution in [0.5, 0.6) is 0 Å². The average Bonchev–Trinajstić information content (AvgIpc) is 3.54. The Kier molecular flexibility index (Phi) is 6.60. The first-order valence-electron chi connectivity index (χ1n) is 13.0. The van der Waals surface area contributed by atoms with Gasteiger partial charge < -0.3 is 4.90 Å². The van der Waals surface area contributed by atoms with Gasteiger partial charge in [-0.1, -0.05) is 43.7 Å². The molecule has 0 radical (unpaired) electrons. The van der Waals surface area contributed by atoms with Gasteiger partial charge in [0.15, 0.2) is 17.3 Å². The van der Waals surface area contributed by atoms with E-state index < -0.39 is 0 Å². The number of aromatic nitrogens is 6. The maximum atomic E-state index is 13.3. The lowest BCUT2D eigenvalue weighted by Crippen LogP contribution is -2.33. The van der Waals surface area contributed by atoms with Gasteiger partial charge in [0, 0.05) is 25.2 Å². The molecule has 3 aromatic heterocycles. The fraction of sp³-hybridized carbons (Fsp3) is 0.464. The number of aryl methyl sites for hydroxylation is 2. The molecule has 1 amide bonds. The fourth-order valence-corrected chi connectivity index (χ4v) is 5.79. The van der Waals surface area contributed by atoms with Gasteiger partial charge in [0.25, 0.3) is 0 Å². The van der Waals surface area contributed by atoms with Crippen molar-refractivity contribution < 1.29 is 4.79 Å². The Morgan fingerprint density at radius 2 is 1.83 bits per heavy atom. The summed E-state index contributed by atoms with van der Waals surface area (Å²) in [6.45, 7) is 9.89. The number of hydrogen-bond donors (Lipinski definition) is 0.